The van der Waals surface area contributed by atoms with E-state index in [9.17, 15) is 9.18 Å². The number of fused-ring (bicyclic) bond motifs is 3. The second-order valence-corrected chi connectivity index (χ2v) is 6.55. The van der Waals surface area contributed by atoms with Crippen LogP contribution in [0.2, 0.25) is 0 Å². The molecule has 2 aromatic rings. The van der Waals surface area contributed by atoms with Gasteiger partial charge in [0.2, 0.25) is 0 Å². The number of hydrogen-bond donors (Lipinski definition) is 1. The lowest BCUT2D eigenvalue weighted by Crippen LogP contribution is -2.29. The van der Waals surface area contributed by atoms with Crippen molar-refractivity contribution in [3.63, 3.8) is 0 Å². The number of anilines is 1. The highest BCUT2D eigenvalue weighted by Crippen LogP contribution is 2.49. The lowest BCUT2D eigenvalue weighted by molar-refractivity contribution is 0.0526. The molecule has 0 unspecified atom stereocenters. The Morgan fingerprint density at radius 3 is 2.80 bits per heavy atom. The number of hydrogen-bond acceptors (Lipinski definition) is 3. The van der Waals surface area contributed by atoms with Crippen molar-refractivity contribution >= 4 is 11.7 Å². The highest BCUT2D eigenvalue weighted by Gasteiger charge is 2.38. The number of ether oxygens (including phenoxy) is 1. The van der Waals surface area contributed by atoms with Gasteiger partial charge in [0.25, 0.3) is 0 Å². The maximum Gasteiger partial charge on any atom is 0.338 e. The number of allylic oxidation sites excluding steroid dienone is 2. The van der Waals surface area contributed by atoms with E-state index in [-0.39, 0.29) is 23.7 Å². The molecule has 0 amide bonds. The van der Waals surface area contributed by atoms with Crippen molar-refractivity contribution in [3.05, 3.63) is 77.1 Å². The van der Waals surface area contributed by atoms with Gasteiger partial charge in [-0.2, -0.15) is 0 Å². The van der Waals surface area contributed by atoms with Gasteiger partial charge in [0, 0.05) is 11.6 Å². The fourth-order valence-corrected chi connectivity index (χ4v) is 3.94. The first kappa shape index (κ1) is 15.9. The molecule has 4 rings (SSSR count). The van der Waals surface area contributed by atoms with E-state index in [1.165, 1.54) is 12.1 Å². The second-order valence-electron chi connectivity index (χ2n) is 6.55. The van der Waals surface area contributed by atoms with Gasteiger partial charge in [-0.05, 0) is 60.7 Å². The van der Waals surface area contributed by atoms with Crippen molar-refractivity contribution in [2.45, 2.75) is 25.3 Å². The molecule has 2 aromatic carbocycles. The van der Waals surface area contributed by atoms with E-state index < -0.39 is 0 Å². The summed E-state index contributed by atoms with van der Waals surface area (Å²) in [4.78, 5) is 12.0. The van der Waals surface area contributed by atoms with Crippen molar-refractivity contribution in [2.75, 3.05) is 11.9 Å². The van der Waals surface area contributed by atoms with Crippen LogP contribution in [-0.2, 0) is 4.74 Å². The zero-order valence-corrected chi connectivity index (χ0v) is 14.0. The molecule has 1 aliphatic carbocycles. The Labute approximate surface area is 146 Å². The highest BCUT2D eigenvalue weighted by molar-refractivity contribution is 5.90. The van der Waals surface area contributed by atoms with Crippen LogP contribution in [0.15, 0.2) is 54.6 Å². The number of halogens is 1. The van der Waals surface area contributed by atoms with Gasteiger partial charge in [-0.1, -0.05) is 24.3 Å². The zero-order valence-electron chi connectivity index (χ0n) is 14.0. The smallest absolute Gasteiger partial charge is 0.338 e. The number of carbonyl (C=O) groups is 1. The lowest BCUT2D eigenvalue weighted by atomic mass is 9.76. The Morgan fingerprint density at radius 2 is 2.04 bits per heavy atom. The maximum absolute atomic E-state index is 13.3. The van der Waals surface area contributed by atoms with E-state index in [2.05, 4.69) is 17.5 Å². The standard InChI is InChI=1S/C21H20FNO2/c1-2-25-21(24)14-8-11-19-18(12-14)16-4-3-5-17(16)20(23-19)13-6-9-15(22)10-7-13/h3-4,6-12,16-17,20,23H,2,5H2,1H3/t16-,17+,20-/m0/s1. The van der Waals surface area contributed by atoms with Crippen LogP contribution in [0.5, 0.6) is 0 Å². The third-order valence-corrected chi connectivity index (χ3v) is 5.10. The molecule has 1 aliphatic heterocycles. The van der Waals surface area contributed by atoms with Crippen LogP contribution < -0.4 is 5.32 Å². The zero-order chi connectivity index (χ0) is 17.4. The molecule has 3 nitrogen and oxygen atoms in total. The summed E-state index contributed by atoms with van der Waals surface area (Å²) in [5.74, 6) is 0.0979. The van der Waals surface area contributed by atoms with E-state index >= 15 is 0 Å². The van der Waals surface area contributed by atoms with Gasteiger partial charge < -0.3 is 10.1 Å². The summed E-state index contributed by atoms with van der Waals surface area (Å²) in [7, 11) is 0. The van der Waals surface area contributed by atoms with Crippen LogP contribution in [0.3, 0.4) is 0 Å². The molecule has 0 saturated carbocycles. The molecule has 128 valence electrons. The van der Waals surface area contributed by atoms with Crippen molar-refractivity contribution in [3.8, 4) is 0 Å². The van der Waals surface area contributed by atoms with Crippen LogP contribution >= 0.6 is 0 Å². The summed E-state index contributed by atoms with van der Waals surface area (Å²) in [5, 5.41) is 3.59. The van der Waals surface area contributed by atoms with Crippen LogP contribution in [0.25, 0.3) is 0 Å². The third kappa shape index (κ3) is 2.82. The molecule has 0 spiro atoms. The van der Waals surface area contributed by atoms with Gasteiger partial charge in [-0.15, -0.1) is 0 Å². The van der Waals surface area contributed by atoms with E-state index in [1.54, 1.807) is 13.0 Å². The molecular formula is C21H20FNO2. The molecule has 4 heteroatoms. The molecule has 1 heterocycles. The maximum atomic E-state index is 13.3. The van der Waals surface area contributed by atoms with Crippen LogP contribution in [-0.4, -0.2) is 12.6 Å². The molecule has 0 aromatic heterocycles. The monoisotopic (exact) mass is 337 g/mol. The average Bonchev–Trinajstić information content (AvgIpc) is 3.11. The quantitative estimate of drug-likeness (QED) is 0.644. The lowest BCUT2D eigenvalue weighted by Gasteiger charge is -2.37. The minimum atomic E-state index is -0.288. The Morgan fingerprint density at radius 1 is 1.24 bits per heavy atom. The fourth-order valence-electron chi connectivity index (χ4n) is 3.94. The Kier molecular flexibility index (Phi) is 4.04. The molecule has 0 fully saturated rings. The largest absolute Gasteiger partial charge is 0.462 e. The topological polar surface area (TPSA) is 38.3 Å². The van der Waals surface area contributed by atoms with Crippen LogP contribution in [0, 0.1) is 11.7 Å². The number of benzene rings is 2. The molecule has 25 heavy (non-hydrogen) atoms. The Bertz CT molecular complexity index is 828. The fraction of sp³-hybridized carbons (Fsp3) is 0.286. The number of carbonyl (C=O) groups excluding carboxylic acids is 1. The van der Waals surface area contributed by atoms with Crippen molar-refractivity contribution < 1.29 is 13.9 Å². The van der Waals surface area contributed by atoms with Gasteiger partial charge >= 0.3 is 5.97 Å². The average molecular weight is 337 g/mol. The van der Waals surface area contributed by atoms with Gasteiger partial charge in [0.1, 0.15) is 5.82 Å². The minimum absolute atomic E-state index is 0.126. The van der Waals surface area contributed by atoms with Gasteiger partial charge in [-0.3, -0.25) is 0 Å². The first-order valence-electron chi connectivity index (χ1n) is 8.67. The van der Waals surface area contributed by atoms with Crippen LogP contribution in [0.1, 0.15) is 46.8 Å². The SMILES string of the molecule is CCOC(=O)c1ccc2c(c1)[C@H]1C=CC[C@H]1[C@H](c1ccc(F)cc1)N2. The van der Waals surface area contributed by atoms with E-state index in [0.717, 1.165) is 23.2 Å². The normalized spacial score (nSPS) is 23.5. The predicted molar refractivity (Wildman–Crippen MR) is 95.2 cm³/mol. The molecule has 3 atom stereocenters. The van der Waals surface area contributed by atoms with Crippen molar-refractivity contribution in [2.24, 2.45) is 5.92 Å². The summed E-state index contributed by atoms with van der Waals surface area (Å²) in [6.45, 7) is 2.17. The molecule has 1 N–H and O–H groups in total. The van der Waals surface area contributed by atoms with E-state index in [4.69, 9.17) is 4.74 Å². The van der Waals surface area contributed by atoms with Gasteiger partial charge in [-0.25, -0.2) is 9.18 Å². The molecular weight excluding hydrogens is 317 g/mol. The minimum Gasteiger partial charge on any atom is -0.462 e. The van der Waals surface area contributed by atoms with Gasteiger partial charge in [0.15, 0.2) is 0 Å². The molecule has 0 radical (unpaired) electrons. The van der Waals surface area contributed by atoms with Crippen molar-refractivity contribution in [1.82, 2.24) is 0 Å². The first-order chi connectivity index (χ1) is 12.2. The molecule has 0 saturated heterocycles. The second kappa shape index (κ2) is 6.36. The highest BCUT2D eigenvalue weighted by atomic mass is 19.1. The predicted octanol–water partition coefficient (Wildman–Crippen LogP) is 4.83. The van der Waals surface area contributed by atoms with E-state index in [1.807, 2.05) is 24.3 Å². The number of nitrogens with one attached hydrogen (secondary N) is 1. The summed E-state index contributed by atoms with van der Waals surface area (Å²) in [6.07, 6.45) is 5.37. The Balaban J connectivity index is 1.71. The summed E-state index contributed by atoms with van der Waals surface area (Å²) in [6, 6.07) is 12.5. The van der Waals surface area contributed by atoms with Crippen LogP contribution in [0.4, 0.5) is 10.1 Å². The summed E-state index contributed by atoms with van der Waals surface area (Å²) < 4.78 is 18.4. The molecule has 2 aliphatic rings. The number of rotatable bonds is 3. The summed E-state index contributed by atoms with van der Waals surface area (Å²) in [5.41, 5.74) is 3.82. The van der Waals surface area contributed by atoms with Gasteiger partial charge in [0.05, 0.1) is 18.2 Å². The first-order valence-corrected chi connectivity index (χ1v) is 8.67. The third-order valence-electron chi connectivity index (χ3n) is 5.10. The Hall–Kier alpha value is -2.62. The number of esters is 1. The van der Waals surface area contributed by atoms with E-state index in [0.29, 0.717) is 18.1 Å². The molecule has 0 bridgehead atoms. The summed E-state index contributed by atoms with van der Waals surface area (Å²) >= 11 is 0. The van der Waals surface area contributed by atoms with Crippen molar-refractivity contribution in [1.29, 1.82) is 0 Å².